The van der Waals surface area contributed by atoms with E-state index in [9.17, 15) is 33.6 Å². The zero-order valence-corrected chi connectivity index (χ0v) is 23.4. The number of aryl methyl sites for hydroxylation is 1. The normalized spacial score (nSPS) is 27.6. The lowest BCUT2D eigenvalue weighted by Crippen LogP contribution is -2.56. The molecule has 0 saturated carbocycles. The number of aliphatic hydroxyl groups is 4. The number of piperidine rings is 1. The number of aliphatic hydroxyl groups excluding tert-OH is 3. The number of aromatic nitrogens is 3. The highest BCUT2D eigenvalue weighted by atomic mass is 32.2. The molecule has 1 unspecified atom stereocenters. The van der Waals surface area contributed by atoms with Gasteiger partial charge in [0.15, 0.2) is 17.5 Å². The molecule has 3 heterocycles. The fraction of sp³-hybridized carbons (Fsp3) is 0.500. The van der Waals surface area contributed by atoms with E-state index in [0.29, 0.717) is 25.9 Å². The molecule has 4 N–H and O–H groups in total. The summed E-state index contributed by atoms with van der Waals surface area (Å²) in [4.78, 5) is 2.13. The highest BCUT2D eigenvalue weighted by Gasteiger charge is 2.50. The summed E-state index contributed by atoms with van der Waals surface area (Å²) >= 11 is 1.21. The topological polar surface area (TPSA) is 124 Å². The lowest BCUT2D eigenvalue weighted by molar-refractivity contribution is -0.179. The molecule has 0 bridgehead atoms. The van der Waals surface area contributed by atoms with Gasteiger partial charge in [0.2, 0.25) is 0 Å². The van der Waals surface area contributed by atoms with Gasteiger partial charge in [0, 0.05) is 18.7 Å². The lowest BCUT2D eigenvalue weighted by Gasteiger charge is -2.46. The van der Waals surface area contributed by atoms with Crippen molar-refractivity contribution < 1.29 is 38.3 Å². The van der Waals surface area contributed by atoms with Gasteiger partial charge in [-0.15, -0.1) is 16.9 Å². The molecule has 2 fully saturated rings. The first-order chi connectivity index (χ1) is 19.5. The summed E-state index contributed by atoms with van der Waals surface area (Å²) in [5, 5.41) is 51.9. The molecule has 0 amide bonds. The van der Waals surface area contributed by atoms with Gasteiger partial charge in [-0.25, -0.2) is 17.9 Å². The fourth-order valence-corrected chi connectivity index (χ4v) is 7.22. The van der Waals surface area contributed by atoms with Crippen molar-refractivity contribution in [1.82, 2.24) is 19.9 Å². The second-order valence-electron chi connectivity index (χ2n) is 10.8. The van der Waals surface area contributed by atoms with Gasteiger partial charge in [-0.1, -0.05) is 29.5 Å². The first-order valence-electron chi connectivity index (χ1n) is 13.3. The van der Waals surface area contributed by atoms with Crippen LogP contribution in [0.2, 0.25) is 0 Å². The van der Waals surface area contributed by atoms with E-state index in [4.69, 9.17) is 4.74 Å². The van der Waals surface area contributed by atoms with Crippen LogP contribution < -0.4 is 0 Å². The van der Waals surface area contributed by atoms with Crippen LogP contribution in [0.5, 0.6) is 0 Å². The average Bonchev–Trinajstić information content (AvgIpc) is 3.43. The maximum Gasteiger partial charge on any atom is 0.194 e. The molecule has 41 heavy (non-hydrogen) atoms. The van der Waals surface area contributed by atoms with Gasteiger partial charge in [-0.05, 0) is 50.1 Å². The van der Waals surface area contributed by atoms with E-state index in [1.54, 1.807) is 0 Å². The van der Waals surface area contributed by atoms with Crippen molar-refractivity contribution >= 4 is 11.8 Å². The molecular formula is C28H33F3N4O5S. The highest BCUT2D eigenvalue weighted by Crippen LogP contribution is 2.49. The van der Waals surface area contributed by atoms with Crippen molar-refractivity contribution in [3.8, 4) is 11.3 Å². The molecule has 1 aromatic heterocycles. The van der Waals surface area contributed by atoms with E-state index in [-0.39, 0.29) is 11.3 Å². The summed E-state index contributed by atoms with van der Waals surface area (Å²) in [5.74, 6) is -4.41. The Balaban J connectivity index is 1.47. The van der Waals surface area contributed by atoms with Crippen LogP contribution >= 0.6 is 11.8 Å². The second kappa shape index (κ2) is 12.0. The minimum absolute atomic E-state index is 0.0168. The van der Waals surface area contributed by atoms with Gasteiger partial charge >= 0.3 is 0 Å². The maximum atomic E-state index is 13.8. The van der Waals surface area contributed by atoms with E-state index < -0.39 is 64.7 Å². The van der Waals surface area contributed by atoms with Crippen molar-refractivity contribution in [2.45, 2.75) is 60.4 Å². The molecule has 2 aliphatic rings. The maximum absolute atomic E-state index is 13.8. The Morgan fingerprint density at radius 1 is 1.10 bits per heavy atom. The van der Waals surface area contributed by atoms with Crippen LogP contribution in [0.1, 0.15) is 35.3 Å². The molecule has 2 aromatic carbocycles. The van der Waals surface area contributed by atoms with Crippen molar-refractivity contribution in [3.05, 3.63) is 71.2 Å². The van der Waals surface area contributed by atoms with Crippen LogP contribution in [0.25, 0.3) is 11.3 Å². The third kappa shape index (κ3) is 5.89. The average molecular weight is 595 g/mol. The molecule has 9 nitrogen and oxygen atoms in total. The van der Waals surface area contributed by atoms with Gasteiger partial charge < -0.3 is 30.1 Å². The molecule has 6 atom stereocenters. The molecule has 5 rings (SSSR count). The van der Waals surface area contributed by atoms with Crippen LogP contribution in [0.4, 0.5) is 13.2 Å². The second-order valence-corrected chi connectivity index (χ2v) is 12.0. The standard InChI is InChI=1S/C28H33F3N4O5S/c1-15-5-3-4-6-17(15)26(28(39)7-9-34(2)10-8-28)41-27-25(38)23(24(37)21(14-36)40-27)35-13-20(32-33-35)16-11-18(29)22(31)19(30)12-16/h3-6,11-13,21,23-27,36-39H,7-10,14H2,1-2H3/t21-,23+,24+,25-,26?,27+/m1/s1. The smallest absolute Gasteiger partial charge is 0.194 e. The Hall–Kier alpha value is -2.52. The van der Waals surface area contributed by atoms with E-state index in [1.807, 2.05) is 38.2 Å². The Morgan fingerprint density at radius 3 is 2.39 bits per heavy atom. The molecule has 0 aliphatic carbocycles. The molecule has 0 radical (unpaired) electrons. The molecule has 0 spiro atoms. The minimum Gasteiger partial charge on any atom is -0.394 e. The first-order valence-corrected chi connectivity index (χ1v) is 14.3. The SMILES string of the molecule is Cc1ccccc1C(S[C@@H]1O[C@H](CO)[C@H](O)[C@H](n2cc(-c3cc(F)c(F)c(F)c3)nn2)[C@H]1O)C1(O)CCN(C)CC1. The van der Waals surface area contributed by atoms with Crippen molar-refractivity contribution in [2.24, 2.45) is 0 Å². The predicted octanol–water partition coefficient (Wildman–Crippen LogP) is 2.58. The van der Waals surface area contributed by atoms with Crippen LogP contribution in [-0.2, 0) is 4.74 Å². The van der Waals surface area contributed by atoms with E-state index in [2.05, 4.69) is 15.2 Å². The third-order valence-corrected chi connectivity index (χ3v) is 9.65. The first kappa shape index (κ1) is 30.0. The monoisotopic (exact) mass is 594 g/mol. The van der Waals surface area contributed by atoms with Gasteiger partial charge in [0.05, 0.1) is 23.7 Å². The number of ether oxygens (including phenoxy) is 1. The van der Waals surface area contributed by atoms with Crippen molar-refractivity contribution in [2.75, 3.05) is 26.7 Å². The zero-order chi connectivity index (χ0) is 29.5. The van der Waals surface area contributed by atoms with Crippen molar-refractivity contribution in [1.29, 1.82) is 0 Å². The van der Waals surface area contributed by atoms with Gasteiger partial charge in [-0.2, -0.15) is 0 Å². The van der Waals surface area contributed by atoms with Crippen LogP contribution in [0.3, 0.4) is 0 Å². The van der Waals surface area contributed by atoms with E-state index >= 15 is 0 Å². The Morgan fingerprint density at radius 2 is 1.76 bits per heavy atom. The van der Waals surface area contributed by atoms with Gasteiger partial charge in [-0.3, -0.25) is 0 Å². The summed E-state index contributed by atoms with van der Waals surface area (Å²) in [5.41, 5.74) is -0.398. The number of rotatable bonds is 7. The van der Waals surface area contributed by atoms with E-state index in [1.165, 1.54) is 18.0 Å². The van der Waals surface area contributed by atoms with Crippen molar-refractivity contribution in [3.63, 3.8) is 0 Å². The Bertz CT molecular complexity index is 1350. The van der Waals surface area contributed by atoms with Crippen LogP contribution in [-0.4, -0.2) is 96.4 Å². The van der Waals surface area contributed by atoms with Gasteiger partial charge in [0.1, 0.15) is 35.5 Å². The fourth-order valence-electron chi connectivity index (χ4n) is 5.52. The molecule has 2 saturated heterocycles. The zero-order valence-electron chi connectivity index (χ0n) is 22.6. The lowest BCUT2D eigenvalue weighted by atomic mass is 9.83. The molecule has 13 heteroatoms. The number of benzene rings is 2. The largest absolute Gasteiger partial charge is 0.394 e. The summed E-state index contributed by atoms with van der Waals surface area (Å²) in [6, 6.07) is 8.04. The Labute approximate surface area is 239 Å². The van der Waals surface area contributed by atoms with Gasteiger partial charge in [0.25, 0.3) is 0 Å². The van der Waals surface area contributed by atoms with Crippen LogP contribution in [0, 0.1) is 24.4 Å². The van der Waals surface area contributed by atoms with Crippen LogP contribution in [0.15, 0.2) is 42.6 Å². The third-order valence-electron chi connectivity index (χ3n) is 8.03. The molecule has 2 aliphatic heterocycles. The number of hydrogen-bond acceptors (Lipinski definition) is 9. The quantitative estimate of drug-likeness (QED) is 0.306. The number of halogens is 3. The predicted molar refractivity (Wildman–Crippen MR) is 145 cm³/mol. The Kier molecular flexibility index (Phi) is 8.76. The number of thioether (sulfide) groups is 1. The number of nitrogens with zero attached hydrogens (tertiary/aromatic N) is 4. The number of hydrogen-bond donors (Lipinski definition) is 4. The molecule has 3 aromatic rings. The summed E-state index contributed by atoms with van der Waals surface area (Å²) in [6.07, 6.45) is -1.68. The minimum atomic E-state index is -1.61. The molecular weight excluding hydrogens is 561 g/mol. The highest BCUT2D eigenvalue weighted by molar-refractivity contribution is 8.00. The summed E-state index contributed by atoms with van der Waals surface area (Å²) < 4.78 is 48.3. The summed E-state index contributed by atoms with van der Waals surface area (Å²) in [6.45, 7) is 2.74. The molecule has 222 valence electrons. The summed E-state index contributed by atoms with van der Waals surface area (Å²) in [7, 11) is 1.99. The van der Waals surface area contributed by atoms with E-state index in [0.717, 1.165) is 27.9 Å². The number of likely N-dealkylation sites (tertiary alicyclic amines) is 1.